The number of rotatable bonds is 8. The fourth-order valence-electron chi connectivity index (χ4n) is 2.32. The number of hydrogen-bond acceptors (Lipinski definition) is 4. The summed E-state index contributed by atoms with van der Waals surface area (Å²) in [7, 11) is 0. The number of amides is 1. The van der Waals surface area contributed by atoms with Crippen LogP contribution in [0.15, 0.2) is 77.4 Å². The second kappa shape index (κ2) is 8.70. The first kappa shape index (κ1) is 16.8. The normalized spacial score (nSPS) is 10.4. The quantitative estimate of drug-likeness (QED) is 0.660. The molecule has 0 saturated heterocycles. The lowest BCUT2D eigenvalue weighted by atomic mass is 10.2. The first-order valence-corrected chi connectivity index (χ1v) is 8.09. The maximum Gasteiger partial charge on any atom is 0.238 e. The Morgan fingerprint density at radius 2 is 1.88 bits per heavy atom. The molecule has 128 valence electrons. The van der Waals surface area contributed by atoms with Gasteiger partial charge in [-0.1, -0.05) is 36.4 Å². The highest BCUT2D eigenvalue weighted by molar-refractivity contribution is 5.92. The molecule has 0 bridgehead atoms. The second-order valence-corrected chi connectivity index (χ2v) is 5.53. The Labute approximate surface area is 146 Å². The SMILES string of the molecule is O=C(CNCc1ccco1)Nc1cccc(OCc2ccccc2)c1. The van der Waals surface area contributed by atoms with Crippen molar-refractivity contribution in [3.63, 3.8) is 0 Å². The van der Waals surface area contributed by atoms with Gasteiger partial charge in [-0.2, -0.15) is 0 Å². The number of nitrogens with one attached hydrogen (secondary N) is 2. The largest absolute Gasteiger partial charge is 0.489 e. The third kappa shape index (κ3) is 5.51. The van der Waals surface area contributed by atoms with Gasteiger partial charge < -0.3 is 19.8 Å². The molecule has 2 aromatic carbocycles. The molecule has 0 unspecified atom stereocenters. The van der Waals surface area contributed by atoms with Crippen LogP contribution in [0.25, 0.3) is 0 Å². The molecule has 1 heterocycles. The van der Waals surface area contributed by atoms with E-state index in [9.17, 15) is 4.79 Å². The lowest BCUT2D eigenvalue weighted by molar-refractivity contribution is -0.115. The highest BCUT2D eigenvalue weighted by atomic mass is 16.5. The van der Waals surface area contributed by atoms with Crippen molar-refractivity contribution < 1.29 is 13.9 Å². The zero-order valence-electron chi connectivity index (χ0n) is 13.8. The van der Waals surface area contributed by atoms with E-state index in [1.165, 1.54) is 0 Å². The fraction of sp³-hybridized carbons (Fsp3) is 0.150. The van der Waals surface area contributed by atoms with Gasteiger partial charge >= 0.3 is 0 Å². The zero-order chi connectivity index (χ0) is 17.3. The Morgan fingerprint density at radius 1 is 1.00 bits per heavy atom. The van der Waals surface area contributed by atoms with Crippen molar-refractivity contribution in [1.82, 2.24) is 5.32 Å². The number of furan rings is 1. The highest BCUT2D eigenvalue weighted by Gasteiger charge is 2.04. The minimum absolute atomic E-state index is 0.119. The Kier molecular flexibility index (Phi) is 5.85. The van der Waals surface area contributed by atoms with E-state index in [2.05, 4.69) is 10.6 Å². The van der Waals surface area contributed by atoms with Crippen molar-refractivity contribution >= 4 is 11.6 Å². The third-order valence-electron chi connectivity index (χ3n) is 3.53. The molecule has 3 aromatic rings. The number of carbonyl (C=O) groups is 1. The number of anilines is 1. The van der Waals surface area contributed by atoms with Gasteiger partial charge in [-0.25, -0.2) is 0 Å². The summed E-state index contributed by atoms with van der Waals surface area (Å²) >= 11 is 0. The van der Waals surface area contributed by atoms with Crippen LogP contribution in [0.2, 0.25) is 0 Å². The van der Waals surface area contributed by atoms with Crippen LogP contribution in [0.4, 0.5) is 5.69 Å². The number of ether oxygens (including phenoxy) is 1. The highest BCUT2D eigenvalue weighted by Crippen LogP contribution is 2.18. The van der Waals surface area contributed by atoms with Crippen molar-refractivity contribution in [2.24, 2.45) is 0 Å². The topological polar surface area (TPSA) is 63.5 Å². The molecular formula is C20H20N2O3. The van der Waals surface area contributed by atoms with Crippen LogP contribution in [0.5, 0.6) is 5.75 Å². The molecule has 5 heteroatoms. The minimum atomic E-state index is -0.119. The fourth-order valence-corrected chi connectivity index (χ4v) is 2.32. The van der Waals surface area contributed by atoms with E-state index in [4.69, 9.17) is 9.15 Å². The van der Waals surface area contributed by atoms with Crippen LogP contribution in [-0.4, -0.2) is 12.5 Å². The van der Waals surface area contributed by atoms with Crippen LogP contribution in [0.1, 0.15) is 11.3 Å². The first-order chi connectivity index (χ1) is 12.3. The van der Waals surface area contributed by atoms with Crippen LogP contribution in [0.3, 0.4) is 0 Å². The van der Waals surface area contributed by atoms with E-state index in [-0.39, 0.29) is 12.5 Å². The molecule has 0 aliphatic heterocycles. The van der Waals surface area contributed by atoms with Crippen molar-refractivity contribution in [3.8, 4) is 5.75 Å². The maximum atomic E-state index is 12.0. The predicted molar refractivity (Wildman–Crippen MR) is 96.3 cm³/mol. The lowest BCUT2D eigenvalue weighted by Gasteiger charge is -2.09. The van der Waals surface area contributed by atoms with Gasteiger partial charge in [-0.05, 0) is 29.8 Å². The van der Waals surface area contributed by atoms with E-state index in [0.29, 0.717) is 24.6 Å². The number of hydrogen-bond donors (Lipinski definition) is 2. The second-order valence-electron chi connectivity index (χ2n) is 5.53. The molecule has 0 radical (unpaired) electrons. The molecule has 1 amide bonds. The zero-order valence-corrected chi connectivity index (χ0v) is 13.8. The third-order valence-corrected chi connectivity index (χ3v) is 3.53. The van der Waals surface area contributed by atoms with Crippen LogP contribution >= 0.6 is 0 Å². The monoisotopic (exact) mass is 336 g/mol. The van der Waals surface area contributed by atoms with Crippen molar-refractivity contribution in [3.05, 3.63) is 84.3 Å². The van der Waals surface area contributed by atoms with E-state index >= 15 is 0 Å². The average Bonchev–Trinajstić information content (AvgIpc) is 3.15. The Hall–Kier alpha value is -3.05. The Balaban J connectivity index is 1.46. The predicted octanol–water partition coefficient (Wildman–Crippen LogP) is 3.59. The lowest BCUT2D eigenvalue weighted by Crippen LogP contribution is -2.27. The summed E-state index contributed by atoms with van der Waals surface area (Å²) in [6, 6.07) is 21.0. The molecular weight excluding hydrogens is 316 g/mol. The van der Waals surface area contributed by atoms with Gasteiger partial charge in [-0.3, -0.25) is 4.79 Å². The Morgan fingerprint density at radius 3 is 2.68 bits per heavy atom. The van der Waals surface area contributed by atoms with Crippen molar-refractivity contribution in [2.45, 2.75) is 13.2 Å². The Bertz CT molecular complexity index is 786. The molecule has 25 heavy (non-hydrogen) atoms. The molecule has 0 aliphatic rings. The number of benzene rings is 2. The minimum Gasteiger partial charge on any atom is -0.489 e. The first-order valence-electron chi connectivity index (χ1n) is 8.09. The summed E-state index contributed by atoms with van der Waals surface area (Å²) in [6.07, 6.45) is 1.61. The molecule has 0 spiro atoms. The van der Waals surface area contributed by atoms with Crippen LogP contribution in [-0.2, 0) is 17.9 Å². The van der Waals surface area contributed by atoms with Gasteiger partial charge in [0.15, 0.2) is 0 Å². The van der Waals surface area contributed by atoms with Gasteiger partial charge in [0.2, 0.25) is 5.91 Å². The van der Waals surface area contributed by atoms with Crippen LogP contribution in [0, 0.1) is 0 Å². The summed E-state index contributed by atoms with van der Waals surface area (Å²) < 4.78 is 11.0. The maximum absolute atomic E-state index is 12.0. The number of carbonyl (C=O) groups excluding carboxylic acids is 1. The molecule has 5 nitrogen and oxygen atoms in total. The van der Waals surface area contributed by atoms with Crippen molar-refractivity contribution in [2.75, 3.05) is 11.9 Å². The standard InChI is InChI=1S/C20H20N2O3/c23-20(14-21-13-19-10-5-11-24-19)22-17-8-4-9-18(12-17)25-15-16-6-2-1-3-7-16/h1-12,21H,13-15H2,(H,22,23). The molecule has 3 rings (SSSR count). The summed E-state index contributed by atoms with van der Waals surface area (Å²) in [5, 5.41) is 5.88. The molecule has 0 saturated carbocycles. The van der Waals surface area contributed by atoms with Gasteiger partial charge in [0, 0.05) is 11.8 Å². The van der Waals surface area contributed by atoms with Gasteiger partial charge in [0.05, 0.1) is 19.4 Å². The average molecular weight is 336 g/mol. The van der Waals surface area contributed by atoms with Gasteiger partial charge in [-0.15, -0.1) is 0 Å². The van der Waals surface area contributed by atoms with E-state index in [1.54, 1.807) is 6.26 Å². The summed E-state index contributed by atoms with van der Waals surface area (Å²) in [6.45, 7) is 1.21. The summed E-state index contributed by atoms with van der Waals surface area (Å²) in [4.78, 5) is 12.0. The molecule has 2 N–H and O–H groups in total. The van der Waals surface area contributed by atoms with E-state index in [1.807, 2.05) is 66.7 Å². The van der Waals surface area contributed by atoms with Gasteiger partial charge in [0.25, 0.3) is 0 Å². The molecule has 0 fully saturated rings. The summed E-state index contributed by atoms with van der Waals surface area (Å²) in [5.74, 6) is 1.39. The molecule has 1 aromatic heterocycles. The molecule has 0 atom stereocenters. The van der Waals surface area contributed by atoms with E-state index < -0.39 is 0 Å². The smallest absolute Gasteiger partial charge is 0.238 e. The van der Waals surface area contributed by atoms with Crippen LogP contribution < -0.4 is 15.4 Å². The summed E-state index contributed by atoms with van der Waals surface area (Å²) in [5.41, 5.74) is 1.80. The van der Waals surface area contributed by atoms with E-state index in [0.717, 1.165) is 11.3 Å². The molecule has 0 aliphatic carbocycles. The van der Waals surface area contributed by atoms with Crippen molar-refractivity contribution in [1.29, 1.82) is 0 Å². The van der Waals surface area contributed by atoms with Gasteiger partial charge in [0.1, 0.15) is 18.1 Å².